The molecular weight excluding hydrogens is 180 g/mol. The van der Waals surface area contributed by atoms with Crippen LogP contribution in [-0.4, -0.2) is 0 Å². The lowest BCUT2D eigenvalue weighted by atomic mass is 9.86. The van der Waals surface area contributed by atoms with Gasteiger partial charge in [0, 0.05) is 0 Å². The van der Waals surface area contributed by atoms with Gasteiger partial charge in [0.2, 0.25) is 0 Å². The van der Waals surface area contributed by atoms with Crippen LogP contribution in [0.3, 0.4) is 0 Å². The monoisotopic (exact) mass is 202 g/mol. The number of benzene rings is 1. The van der Waals surface area contributed by atoms with E-state index in [1.807, 2.05) is 0 Å². The van der Waals surface area contributed by atoms with Crippen molar-refractivity contribution >= 4 is 5.57 Å². The van der Waals surface area contributed by atoms with Crippen molar-refractivity contribution in [3.8, 4) is 0 Å². The fourth-order valence-electron chi connectivity index (χ4n) is 1.76. The van der Waals surface area contributed by atoms with Gasteiger partial charge in [0.15, 0.2) is 0 Å². The zero-order valence-corrected chi connectivity index (χ0v) is 10.6. The Labute approximate surface area is 94.0 Å². The standard InChI is InChI=1S/C15H22/c1-6-12(7-2)13-8-10-14(11-9-13)15(3,4)5/h6,8-11H,7H2,1-5H3/b12-6-. The lowest BCUT2D eigenvalue weighted by molar-refractivity contribution is 0.590. The van der Waals surface area contributed by atoms with Gasteiger partial charge in [-0.15, -0.1) is 0 Å². The zero-order chi connectivity index (χ0) is 11.5. The smallest absolute Gasteiger partial charge is 0.0132 e. The third-order valence-corrected chi connectivity index (χ3v) is 2.85. The third-order valence-electron chi connectivity index (χ3n) is 2.85. The minimum atomic E-state index is 0.251. The highest BCUT2D eigenvalue weighted by Crippen LogP contribution is 2.25. The Kier molecular flexibility index (Phi) is 3.73. The summed E-state index contributed by atoms with van der Waals surface area (Å²) in [6, 6.07) is 8.96. The van der Waals surface area contributed by atoms with Gasteiger partial charge in [0.05, 0.1) is 0 Å². The van der Waals surface area contributed by atoms with Gasteiger partial charge in [-0.3, -0.25) is 0 Å². The molecule has 0 heterocycles. The third kappa shape index (κ3) is 2.95. The van der Waals surface area contributed by atoms with E-state index in [4.69, 9.17) is 0 Å². The summed E-state index contributed by atoms with van der Waals surface area (Å²) in [6.45, 7) is 11.1. The van der Waals surface area contributed by atoms with E-state index in [2.05, 4.69) is 65.0 Å². The molecule has 15 heavy (non-hydrogen) atoms. The molecule has 0 radical (unpaired) electrons. The van der Waals surface area contributed by atoms with E-state index in [0.29, 0.717) is 0 Å². The van der Waals surface area contributed by atoms with Gasteiger partial charge in [0.1, 0.15) is 0 Å². The second kappa shape index (κ2) is 4.65. The summed E-state index contributed by atoms with van der Waals surface area (Å²) in [6.07, 6.45) is 3.30. The summed E-state index contributed by atoms with van der Waals surface area (Å²) in [7, 11) is 0. The van der Waals surface area contributed by atoms with Crippen LogP contribution in [0.1, 0.15) is 52.2 Å². The Morgan fingerprint density at radius 2 is 1.67 bits per heavy atom. The van der Waals surface area contributed by atoms with Crippen molar-refractivity contribution in [1.82, 2.24) is 0 Å². The fourth-order valence-corrected chi connectivity index (χ4v) is 1.76. The van der Waals surface area contributed by atoms with E-state index in [0.717, 1.165) is 6.42 Å². The Balaban J connectivity index is 3.00. The maximum atomic E-state index is 2.25. The largest absolute Gasteiger partial charge is 0.0839 e. The van der Waals surface area contributed by atoms with Crippen LogP contribution in [0.4, 0.5) is 0 Å². The van der Waals surface area contributed by atoms with Crippen LogP contribution in [0, 0.1) is 0 Å². The molecule has 0 heteroatoms. The van der Waals surface area contributed by atoms with Crippen LogP contribution in [0.2, 0.25) is 0 Å². The number of allylic oxidation sites excluding steroid dienone is 2. The molecule has 0 fully saturated rings. The van der Waals surface area contributed by atoms with E-state index in [9.17, 15) is 0 Å². The molecule has 0 unspecified atom stereocenters. The molecule has 0 saturated carbocycles. The first-order valence-electron chi connectivity index (χ1n) is 5.75. The topological polar surface area (TPSA) is 0 Å². The molecule has 0 aliphatic heterocycles. The van der Waals surface area contributed by atoms with Crippen molar-refractivity contribution in [3.05, 3.63) is 41.5 Å². The second-order valence-corrected chi connectivity index (χ2v) is 4.99. The first-order chi connectivity index (χ1) is 6.99. The van der Waals surface area contributed by atoms with Crippen LogP contribution in [-0.2, 0) is 5.41 Å². The summed E-state index contributed by atoms with van der Waals surface area (Å²) < 4.78 is 0. The van der Waals surface area contributed by atoms with Crippen LogP contribution in [0.15, 0.2) is 30.3 Å². The van der Waals surface area contributed by atoms with Crippen molar-refractivity contribution in [1.29, 1.82) is 0 Å². The van der Waals surface area contributed by atoms with Crippen molar-refractivity contribution in [2.45, 2.75) is 46.5 Å². The highest BCUT2D eigenvalue weighted by atomic mass is 14.2. The van der Waals surface area contributed by atoms with Crippen molar-refractivity contribution in [3.63, 3.8) is 0 Å². The summed E-state index contributed by atoms with van der Waals surface area (Å²) in [5.74, 6) is 0. The van der Waals surface area contributed by atoms with Gasteiger partial charge < -0.3 is 0 Å². The molecule has 0 saturated heterocycles. The van der Waals surface area contributed by atoms with E-state index >= 15 is 0 Å². The van der Waals surface area contributed by atoms with Crippen molar-refractivity contribution in [2.75, 3.05) is 0 Å². The summed E-state index contributed by atoms with van der Waals surface area (Å²) in [5, 5.41) is 0. The van der Waals surface area contributed by atoms with Crippen LogP contribution in [0.25, 0.3) is 5.57 Å². The molecule has 0 spiro atoms. The molecule has 1 rings (SSSR count). The first-order valence-corrected chi connectivity index (χ1v) is 5.75. The van der Waals surface area contributed by atoms with E-state index in [1.54, 1.807) is 0 Å². The summed E-state index contributed by atoms with van der Waals surface area (Å²) in [5.41, 5.74) is 4.43. The Bertz CT molecular complexity index is 333. The SMILES string of the molecule is C/C=C(/CC)c1ccc(C(C)(C)C)cc1. The van der Waals surface area contributed by atoms with Crippen LogP contribution in [0.5, 0.6) is 0 Å². The summed E-state index contributed by atoms with van der Waals surface area (Å²) >= 11 is 0. The van der Waals surface area contributed by atoms with Crippen molar-refractivity contribution in [2.24, 2.45) is 0 Å². The second-order valence-electron chi connectivity index (χ2n) is 4.99. The maximum absolute atomic E-state index is 2.25. The first kappa shape index (κ1) is 12.0. The molecule has 1 aromatic carbocycles. The molecular formula is C15H22. The maximum Gasteiger partial charge on any atom is -0.0132 e. The van der Waals surface area contributed by atoms with Gasteiger partial charge in [0.25, 0.3) is 0 Å². The molecule has 0 atom stereocenters. The predicted molar refractivity (Wildman–Crippen MR) is 69.1 cm³/mol. The fraction of sp³-hybridized carbons (Fsp3) is 0.467. The quantitative estimate of drug-likeness (QED) is 0.646. The van der Waals surface area contributed by atoms with Crippen LogP contribution < -0.4 is 0 Å². The van der Waals surface area contributed by atoms with Gasteiger partial charge in [-0.2, -0.15) is 0 Å². The highest BCUT2D eigenvalue weighted by Gasteiger charge is 2.12. The van der Waals surface area contributed by atoms with E-state index < -0.39 is 0 Å². The van der Waals surface area contributed by atoms with Crippen LogP contribution >= 0.6 is 0 Å². The molecule has 0 amide bonds. The van der Waals surface area contributed by atoms with Gasteiger partial charge >= 0.3 is 0 Å². The van der Waals surface area contributed by atoms with E-state index in [1.165, 1.54) is 16.7 Å². The predicted octanol–water partition coefficient (Wildman–Crippen LogP) is 4.80. The van der Waals surface area contributed by atoms with Crippen molar-refractivity contribution < 1.29 is 0 Å². The molecule has 0 aliphatic carbocycles. The molecule has 0 bridgehead atoms. The average Bonchev–Trinajstić information content (AvgIpc) is 2.19. The summed E-state index contributed by atoms with van der Waals surface area (Å²) in [4.78, 5) is 0. The highest BCUT2D eigenvalue weighted by molar-refractivity contribution is 5.65. The molecule has 1 aromatic rings. The molecule has 82 valence electrons. The molecule has 0 N–H and O–H groups in total. The lowest BCUT2D eigenvalue weighted by Crippen LogP contribution is -2.10. The Morgan fingerprint density at radius 1 is 1.13 bits per heavy atom. The number of rotatable bonds is 2. The minimum absolute atomic E-state index is 0.251. The molecule has 0 aromatic heterocycles. The zero-order valence-electron chi connectivity index (χ0n) is 10.6. The minimum Gasteiger partial charge on any atom is -0.0839 e. The number of hydrogen-bond donors (Lipinski definition) is 0. The molecule has 0 aliphatic rings. The van der Waals surface area contributed by atoms with Gasteiger partial charge in [-0.05, 0) is 35.5 Å². The Morgan fingerprint density at radius 3 is 2.00 bits per heavy atom. The lowest BCUT2D eigenvalue weighted by Gasteiger charge is -2.19. The van der Waals surface area contributed by atoms with E-state index in [-0.39, 0.29) is 5.41 Å². The number of hydrogen-bond acceptors (Lipinski definition) is 0. The Hall–Kier alpha value is -1.04. The van der Waals surface area contributed by atoms with Gasteiger partial charge in [-0.25, -0.2) is 0 Å². The van der Waals surface area contributed by atoms with Gasteiger partial charge in [-0.1, -0.05) is 58.0 Å². The average molecular weight is 202 g/mol. The molecule has 0 nitrogen and oxygen atoms in total. The normalized spacial score (nSPS) is 13.0.